The highest BCUT2D eigenvalue weighted by Gasteiger charge is 2.59. The molecule has 4 rings (SSSR count). The van der Waals surface area contributed by atoms with Crippen LogP contribution < -0.4 is 0 Å². The van der Waals surface area contributed by atoms with Crippen molar-refractivity contribution >= 4 is 29.1 Å². The Morgan fingerprint density at radius 1 is 1.17 bits per heavy atom. The smallest absolute Gasteiger partial charge is 0.307 e. The zero-order valence-electron chi connectivity index (χ0n) is 17.6. The lowest BCUT2D eigenvalue weighted by molar-refractivity contribution is -0.148. The molecule has 6 atom stereocenters. The maximum absolute atomic E-state index is 13.2. The lowest BCUT2D eigenvalue weighted by Gasteiger charge is -2.57. The number of rotatable bonds is 4. The molecule has 4 aliphatic rings. The van der Waals surface area contributed by atoms with Crippen LogP contribution in [0.25, 0.3) is 0 Å². The van der Waals surface area contributed by atoms with Crippen molar-refractivity contribution in [2.75, 3.05) is 5.88 Å². The van der Waals surface area contributed by atoms with Gasteiger partial charge in [-0.05, 0) is 79.3 Å². The van der Waals surface area contributed by atoms with Crippen LogP contribution in [0, 0.1) is 28.6 Å². The predicted molar refractivity (Wildman–Crippen MR) is 111 cm³/mol. The summed E-state index contributed by atoms with van der Waals surface area (Å²) >= 11 is 5.64. The lowest BCUT2D eigenvalue weighted by atomic mass is 9.46. The molecular weight excluding hydrogens is 388 g/mol. The number of ether oxygens (including phenoxy) is 1. The van der Waals surface area contributed by atoms with Crippen LogP contribution >= 0.6 is 11.6 Å². The van der Waals surface area contributed by atoms with Crippen molar-refractivity contribution in [1.82, 2.24) is 0 Å². The molecule has 4 nitrogen and oxygen atoms in total. The minimum atomic E-state index is -0.319. The van der Waals surface area contributed by atoms with Crippen LogP contribution in [0.2, 0.25) is 0 Å². The van der Waals surface area contributed by atoms with Gasteiger partial charge in [-0.2, -0.15) is 0 Å². The fourth-order valence-corrected chi connectivity index (χ4v) is 7.19. The Morgan fingerprint density at radius 2 is 1.90 bits per heavy atom. The summed E-state index contributed by atoms with van der Waals surface area (Å²) in [4.78, 5) is 37.3. The van der Waals surface area contributed by atoms with Crippen LogP contribution in [0.3, 0.4) is 0 Å². The van der Waals surface area contributed by atoms with Gasteiger partial charge in [0.05, 0.1) is 6.42 Å². The van der Waals surface area contributed by atoms with Gasteiger partial charge in [0.2, 0.25) is 0 Å². The third-order valence-electron chi connectivity index (χ3n) is 8.43. The second kappa shape index (κ2) is 7.37. The van der Waals surface area contributed by atoms with E-state index in [1.807, 2.05) is 6.08 Å². The lowest BCUT2D eigenvalue weighted by Crippen LogP contribution is -2.53. The number of carbonyl (C=O) groups excluding carboxylic acids is 3. The number of Topliss-reactive ketones (excluding diaryl/α,β-unsaturated/α-hetero) is 2. The molecule has 0 bridgehead atoms. The molecule has 0 N–H and O–H groups in total. The van der Waals surface area contributed by atoms with Gasteiger partial charge in [-0.3, -0.25) is 14.4 Å². The van der Waals surface area contributed by atoms with Crippen molar-refractivity contribution < 1.29 is 19.1 Å². The summed E-state index contributed by atoms with van der Waals surface area (Å²) in [6, 6.07) is 0. The standard InChI is InChI=1S/C24H31ClO4/c1-14(26)17-4-5-18-16-13-21(27)20-12-15(29-22(28)8-11-25)6-9-24(20,3)19(16)7-10-23(17,18)2/h4,12,15-16,18-19H,5-11,13H2,1-3H3/t15-,16-,18-,19-,23+,24+/m0/s1. The first kappa shape index (κ1) is 20.8. The normalized spacial score (nSPS) is 40.9. The number of fused-ring (bicyclic) bond motifs is 5. The first-order valence-corrected chi connectivity index (χ1v) is 11.5. The third kappa shape index (κ3) is 3.22. The zero-order chi connectivity index (χ0) is 21.0. The molecule has 0 aromatic heterocycles. The predicted octanol–water partition coefficient (Wildman–Crippen LogP) is 4.79. The van der Waals surface area contributed by atoms with E-state index in [0.717, 1.165) is 43.3 Å². The molecule has 0 amide bonds. The number of halogens is 1. The van der Waals surface area contributed by atoms with Crippen LogP contribution in [0.4, 0.5) is 0 Å². The largest absolute Gasteiger partial charge is 0.458 e. The van der Waals surface area contributed by atoms with Gasteiger partial charge < -0.3 is 4.74 Å². The Balaban J connectivity index is 1.59. The average Bonchev–Trinajstić information content (AvgIpc) is 3.01. The molecule has 0 heterocycles. The molecule has 2 saturated carbocycles. The van der Waals surface area contributed by atoms with Gasteiger partial charge in [0.1, 0.15) is 6.10 Å². The summed E-state index contributed by atoms with van der Waals surface area (Å²) in [5.74, 6) is 1.49. The molecule has 0 aromatic rings. The number of allylic oxidation sites excluding steroid dienone is 3. The topological polar surface area (TPSA) is 60.4 Å². The van der Waals surface area contributed by atoms with E-state index in [2.05, 4.69) is 19.9 Å². The summed E-state index contributed by atoms with van der Waals surface area (Å²) in [6.45, 7) is 6.15. The van der Waals surface area contributed by atoms with Gasteiger partial charge in [0, 0.05) is 17.9 Å². The first-order chi connectivity index (χ1) is 13.7. The van der Waals surface area contributed by atoms with E-state index in [1.54, 1.807) is 6.92 Å². The molecule has 0 spiro atoms. The summed E-state index contributed by atoms with van der Waals surface area (Å²) in [5.41, 5.74) is 1.61. The average molecular weight is 419 g/mol. The maximum Gasteiger partial charge on any atom is 0.307 e. The van der Waals surface area contributed by atoms with E-state index in [0.29, 0.717) is 24.2 Å². The van der Waals surface area contributed by atoms with E-state index in [4.69, 9.17) is 16.3 Å². The zero-order valence-corrected chi connectivity index (χ0v) is 18.4. The minimum absolute atomic E-state index is 0.0842. The Hall–Kier alpha value is -1.42. The first-order valence-electron chi connectivity index (χ1n) is 10.9. The number of carbonyl (C=O) groups is 3. The summed E-state index contributed by atoms with van der Waals surface area (Å²) in [5, 5.41) is 0. The molecule has 0 aliphatic heterocycles. The molecule has 4 aliphatic carbocycles. The van der Waals surface area contributed by atoms with Gasteiger partial charge in [-0.1, -0.05) is 19.9 Å². The highest BCUT2D eigenvalue weighted by Crippen LogP contribution is 2.64. The van der Waals surface area contributed by atoms with Gasteiger partial charge in [-0.15, -0.1) is 11.6 Å². The number of hydrogen-bond donors (Lipinski definition) is 0. The van der Waals surface area contributed by atoms with Gasteiger partial charge >= 0.3 is 5.97 Å². The number of ketones is 2. The quantitative estimate of drug-likeness (QED) is 0.486. The number of hydrogen-bond acceptors (Lipinski definition) is 4. The summed E-state index contributed by atoms with van der Waals surface area (Å²) < 4.78 is 5.54. The number of esters is 1. The second-order valence-corrected chi connectivity index (χ2v) is 10.3. The van der Waals surface area contributed by atoms with E-state index in [-0.39, 0.29) is 46.8 Å². The van der Waals surface area contributed by atoms with Crippen molar-refractivity contribution in [2.24, 2.45) is 28.6 Å². The molecule has 2 fully saturated rings. The molecule has 158 valence electrons. The highest BCUT2D eigenvalue weighted by molar-refractivity contribution is 6.18. The van der Waals surface area contributed by atoms with Crippen LogP contribution in [-0.2, 0) is 19.1 Å². The van der Waals surface area contributed by atoms with Crippen LogP contribution in [0.5, 0.6) is 0 Å². The van der Waals surface area contributed by atoms with Gasteiger partial charge in [0.15, 0.2) is 11.6 Å². The Morgan fingerprint density at radius 3 is 2.59 bits per heavy atom. The molecule has 0 unspecified atom stereocenters. The van der Waals surface area contributed by atoms with Crippen molar-refractivity contribution in [3.05, 3.63) is 23.3 Å². The molecule has 0 saturated heterocycles. The van der Waals surface area contributed by atoms with E-state index >= 15 is 0 Å². The van der Waals surface area contributed by atoms with Gasteiger partial charge in [-0.25, -0.2) is 0 Å². The van der Waals surface area contributed by atoms with Crippen molar-refractivity contribution in [2.45, 2.75) is 71.8 Å². The molecule has 5 heteroatoms. The Bertz CT molecular complexity index is 812. The van der Waals surface area contributed by atoms with Gasteiger partial charge in [0.25, 0.3) is 0 Å². The molecule has 0 radical (unpaired) electrons. The monoisotopic (exact) mass is 418 g/mol. The van der Waals surface area contributed by atoms with Crippen molar-refractivity contribution in [3.63, 3.8) is 0 Å². The Kier molecular flexibility index (Phi) is 5.30. The maximum atomic E-state index is 13.2. The summed E-state index contributed by atoms with van der Waals surface area (Å²) in [7, 11) is 0. The SMILES string of the molecule is CC(=O)C1=CC[C@H]2[C@@H]3CC(=O)C4=C[C@@H](OC(=O)CCCl)CC[C@]4(C)[C@H]3CC[C@]12C. The Labute approximate surface area is 178 Å². The third-order valence-corrected chi connectivity index (χ3v) is 8.62. The second-order valence-electron chi connectivity index (χ2n) is 9.87. The van der Waals surface area contributed by atoms with E-state index in [9.17, 15) is 14.4 Å². The minimum Gasteiger partial charge on any atom is -0.458 e. The molecule has 29 heavy (non-hydrogen) atoms. The summed E-state index contributed by atoms with van der Waals surface area (Å²) in [6.07, 6.45) is 9.07. The van der Waals surface area contributed by atoms with Crippen molar-refractivity contribution in [1.29, 1.82) is 0 Å². The fourth-order valence-electron chi connectivity index (χ4n) is 7.03. The molecule has 0 aromatic carbocycles. The van der Waals surface area contributed by atoms with Crippen LogP contribution in [0.15, 0.2) is 23.3 Å². The van der Waals surface area contributed by atoms with E-state index < -0.39 is 0 Å². The van der Waals surface area contributed by atoms with Crippen LogP contribution in [0.1, 0.15) is 65.7 Å². The fraction of sp³-hybridized carbons (Fsp3) is 0.708. The van der Waals surface area contributed by atoms with E-state index in [1.165, 1.54) is 0 Å². The van der Waals surface area contributed by atoms with Crippen LogP contribution in [-0.4, -0.2) is 29.5 Å². The number of alkyl halides is 1. The highest BCUT2D eigenvalue weighted by atomic mass is 35.5. The molecular formula is C24H31ClO4. The van der Waals surface area contributed by atoms with Crippen molar-refractivity contribution in [3.8, 4) is 0 Å².